The van der Waals surface area contributed by atoms with Gasteiger partial charge in [-0.3, -0.25) is 0 Å². The van der Waals surface area contributed by atoms with E-state index in [9.17, 15) is 0 Å². The smallest absolute Gasteiger partial charge is 0.0112 e. The summed E-state index contributed by atoms with van der Waals surface area (Å²) in [5.41, 5.74) is 5.26. The highest BCUT2D eigenvalue weighted by molar-refractivity contribution is 5.90. The molecule has 122 valence electrons. The minimum atomic E-state index is 1.11. The van der Waals surface area contributed by atoms with Crippen LogP contribution in [0.2, 0.25) is 0 Å². The Morgan fingerprint density at radius 1 is 0.750 bits per heavy atom. The maximum absolute atomic E-state index is 3.78. The first kappa shape index (κ1) is 17.7. The largest absolute Gasteiger partial charge is 0.0985 e. The van der Waals surface area contributed by atoms with Crippen LogP contribution < -0.4 is 0 Å². The Hall–Kier alpha value is -2.60. The van der Waals surface area contributed by atoms with E-state index in [-0.39, 0.29) is 0 Å². The van der Waals surface area contributed by atoms with Gasteiger partial charge in [0.25, 0.3) is 0 Å². The summed E-state index contributed by atoms with van der Waals surface area (Å²) in [6.45, 7) is 11.9. The average Bonchev–Trinajstić information content (AvgIpc) is 2.67. The van der Waals surface area contributed by atoms with Gasteiger partial charge in [-0.05, 0) is 45.9 Å². The van der Waals surface area contributed by atoms with E-state index in [4.69, 9.17) is 0 Å². The van der Waals surface area contributed by atoms with Crippen molar-refractivity contribution in [2.45, 2.75) is 26.7 Å². The zero-order valence-electron chi connectivity index (χ0n) is 14.8. The zero-order chi connectivity index (χ0) is 17.4. The fourth-order valence-electron chi connectivity index (χ4n) is 2.75. The summed E-state index contributed by atoms with van der Waals surface area (Å²) in [6, 6.07) is 21.3. The first-order chi connectivity index (χ1) is 11.7. The Bertz CT molecular complexity index is 797. The lowest BCUT2D eigenvalue weighted by atomic mass is 10.0. The van der Waals surface area contributed by atoms with Crippen LogP contribution >= 0.6 is 0 Å². The van der Waals surface area contributed by atoms with Gasteiger partial charge in [-0.1, -0.05) is 99.8 Å². The van der Waals surface area contributed by atoms with E-state index in [1.54, 1.807) is 0 Å². The van der Waals surface area contributed by atoms with Gasteiger partial charge in [-0.15, -0.1) is 0 Å². The van der Waals surface area contributed by atoms with Gasteiger partial charge in [0.1, 0.15) is 0 Å². The molecule has 0 radical (unpaired) electrons. The highest BCUT2D eigenvalue weighted by Crippen LogP contribution is 2.18. The zero-order valence-corrected chi connectivity index (χ0v) is 14.8. The molecule has 0 fully saturated rings. The fourth-order valence-corrected chi connectivity index (χ4v) is 2.75. The van der Waals surface area contributed by atoms with Gasteiger partial charge < -0.3 is 0 Å². The van der Waals surface area contributed by atoms with Crippen molar-refractivity contribution in [3.8, 4) is 0 Å². The predicted molar refractivity (Wildman–Crippen MR) is 109 cm³/mol. The summed E-state index contributed by atoms with van der Waals surface area (Å²) in [5.74, 6) is 0. The van der Waals surface area contributed by atoms with E-state index in [0.717, 1.165) is 12.8 Å². The van der Waals surface area contributed by atoms with E-state index in [0.29, 0.717) is 0 Å². The molecule has 0 atom stereocenters. The van der Waals surface area contributed by atoms with Gasteiger partial charge in [0, 0.05) is 0 Å². The van der Waals surface area contributed by atoms with Gasteiger partial charge in [-0.25, -0.2) is 0 Å². The van der Waals surface area contributed by atoms with Crippen molar-refractivity contribution in [2.24, 2.45) is 0 Å². The third-order valence-electron chi connectivity index (χ3n) is 4.17. The molecule has 0 bridgehead atoms. The Labute approximate surface area is 146 Å². The van der Waals surface area contributed by atoms with Crippen LogP contribution in [-0.2, 0) is 12.8 Å². The molecule has 0 aliphatic heterocycles. The topological polar surface area (TPSA) is 0 Å². The number of hydrogen-bond acceptors (Lipinski definition) is 0. The second-order valence-electron chi connectivity index (χ2n) is 5.77. The molecule has 0 saturated heterocycles. The van der Waals surface area contributed by atoms with Crippen LogP contribution in [0.3, 0.4) is 0 Å². The number of rotatable bonds is 4. The van der Waals surface area contributed by atoms with Crippen LogP contribution in [0.4, 0.5) is 0 Å². The van der Waals surface area contributed by atoms with E-state index < -0.39 is 0 Å². The molecule has 3 rings (SSSR count). The maximum atomic E-state index is 3.78. The fraction of sp³-hybridized carbons (Fsp3) is 0.167. The van der Waals surface area contributed by atoms with Gasteiger partial charge in [0.2, 0.25) is 0 Å². The van der Waals surface area contributed by atoms with Crippen LogP contribution in [0, 0.1) is 0 Å². The van der Waals surface area contributed by atoms with E-state index in [2.05, 4.69) is 87.7 Å². The Kier molecular flexibility index (Phi) is 6.57. The molecule has 0 nitrogen and oxygen atoms in total. The maximum Gasteiger partial charge on any atom is -0.0112 e. The van der Waals surface area contributed by atoms with Crippen LogP contribution in [0.1, 0.15) is 36.1 Å². The summed E-state index contributed by atoms with van der Waals surface area (Å²) in [6.07, 6.45) is 6.02. The molecule has 0 spiro atoms. The molecule has 0 aliphatic carbocycles. The predicted octanol–water partition coefficient (Wildman–Crippen LogP) is 6.94. The molecule has 0 unspecified atom stereocenters. The Morgan fingerprint density at radius 3 is 1.96 bits per heavy atom. The monoisotopic (exact) mass is 314 g/mol. The van der Waals surface area contributed by atoms with Crippen molar-refractivity contribution < 1.29 is 0 Å². The normalized spacial score (nSPS) is 9.92. The number of hydrogen-bond donors (Lipinski definition) is 0. The molecule has 0 aliphatic rings. The van der Waals surface area contributed by atoms with Gasteiger partial charge in [-0.2, -0.15) is 0 Å². The summed E-state index contributed by atoms with van der Waals surface area (Å²) in [7, 11) is 0. The lowest BCUT2D eigenvalue weighted by molar-refractivity contribution is 1.08. The van der Waals surface area contributed by atoms with Crippen molar-refractivity contribution in [1.29, 1.82) is 0 Å². The van der Waals surface area contributed by atoms with E-state index >= 15 is 0 Å². The van der Waals surface area contributed by atoms with Crippen molar-refractivity contribution in [3.63, 3.8) is 0 Å². The molecule has 0 aromatic heterocycles. The van der Waals surface area contributed by atoms with Crippen molar-refractivity contribution in [1.82, 2.24) is 0 Å². The summed E-state index contributed by atoms with van der Waals surface area (Å²) in [5, 5.41) is 2.55. The third-order valence-corrected chi connectivity index (χ3v) is 4.17. The summed E-state index contributed by atoms with van der Waals surface area (Å²) in [4.78, 5) is 0. The first-order valence-electron chi connectivity index (χ1n) is 8.57. The second kappa shape index (κ2) is 8.88. The first-order valence-corrected chi connectivity index (χ1v) is 8.57. The highest BCUT2D eigenvalue weighted by Gasteiger charge is 1.95. The van der Waals surface area contributed by atoms with Crippen molar-refractivity contribution in [2.75, 3.05) is 0 Å². The highest BCUT2D eigenvalue weighted by atomic mass is 14.0. The lowest BCUT2D eigenvalue weighted by Crippen LogP contribution is -1.87. The van der Waals surface area contributed by atoms with Gasteiger partial charge in [0.15, 0.2) is 0 Å². The molecule has 0 saturated carbocycles. The third kappa shape index (κ3) is 4.45. The SMILES string of the molecule is C=Cc1cc(CC)cc(CC)c1.C=Cc1cccc2ccccc12. The molecule has 0 amide bonds. The molecule has 24 heavy (non-hydrogen) atoms. The molecule has 3 aromatic rings. The number of fused-ring (bicyclic) bond motifs is 1. The molecule has 0 N–H and O–H groups in total. The van der Waals surface area contributed by atoms with Crippen LogP contribution in [-0.4, -0.2) is 0 Å². The lowest BCUT2D eigenvalue weighted by Gasteiger charge is -2.03. The molecule has 0 heteroatoms. The molecule has 3 aromatic carbocycles. The van der Waals surface area contributed by atoms with Crippen LogP contribution in [0.15, 0.2) is 73.8 Å². The van der Waals surface area contributed by atoms with E-state index in [1.807, 2.05) is 12.2 Å². The van der Waals surface area contributed by atoms with Gasteiger partial charge >= 0.3 is 0 Å². The minimum Gasteiger partial charge on any atom is -0.0985 e. The quantitative estimate of drug-likeness (QED) is 0.489. The summed E-state index contributed by atoms with van der Waals surface area (Å²) < 4.78 is 0. The average molecular weight is 314 g/mol. The standard InChI is InChI=1S/C12H10.C12H16/c1-2-10-7-5-8-11-6-3-4-9-12(10)11;1-4-10-7-11(5-2)9-12(6-3)8-10/h2-9H,1H2;4,7-9H,1,5-6H2,2-3H3. The minimum absolute atomic E-state index is 1.11. The van der Waals surface area contributed by atoms with E-state index in [1.165, 1.54) is 33.0 Å². The van der Waals surface area contributed by atoms with Gasteiger partial charge in [0.05, 0.1) is 0 Å². The second-order valence-corrected chi connectivity index (χ2v) is 5.77. The van der Waals surface area contributed by atoms with Crippen LogP contribution in [0.5, 0.6) is 0 Å². The molecule has 0 heterocycles. The number of benzene rings is 3. The Balaban J connectivity index is 0.000000174. The van der Waals surface area contributed by atoms with Crippen molar-refractivity contribution >= 4 is 22.9 Å². The molecular formula is C24H26. The van der Waals surface area contributed by atoms with Crippen molar-refractivity contribution in [3.05, 3.63) is 96.1 Å². The van der Waals surface area contributed by atoms with Crippen LogP contribution in [0.25, 0.3) is 22.9 Å². The molecular weight excluding hydrogens is 288 g/mol. The number of aryl methyl sites for hydroxylation is 2. The summed E-state index contributed by atoms with van der Waals surface area (Å²) >= 11 is 0. The Morgan fingerprint density at radius 2 is 1.38 bits per heavy atom.